The van der Waals surface area contributed by atoms with E-state index in [1.54, 1.807) is 0 Å². The van der Waals surface area contributed by atoms with Crippen molar-refractivity contribution in [3.63, 3.8) is 0 Å². The van der Waals surface area contributed by atoms with Crippen molar-refractivity contribution in [1.29, 1.82) is 0 Å². The highest BCUT2D eigenvalue weighted by Crippen LogP contribution is 1.83. The molecule has 0 radical (unpaired) electrons. The summed E-state index contributed by atoms with van der Waals surface area (Å²) in [6.45, 7) is 3.21. The number of carboxylic acid groups (broad SMARTS) is 1. The first kappa shape index (κ1) is 14.7. The van der Waals surface area contributed by atoms with E-state index in [0.29, 0.717) is 26.2 Å². The molecule has 0 aliphatic rings. The number of carboxylic acids is 1. The molecule has 0 rings (SSSR count). The Morgan fingerprint density at radius 2 is 2.06 bits per heavy atom. The SMILES string of the molecule is CCCOCCCNC(=O)NOCC(=O)O. The molecule has 0 aliphatic heterocycles. The third kappa shape index (κ3) is 10.7. The molecule has 0 heterocycles. The van der Waals surface area contributed by atoms with Gasteiger partial charge in [0.05, 0.1) is 0 Å². The van der Waals surface area contributed by atoms with Gasteiger partial charge >= 0.3 is 12.0 Å². The topological polar surface area (TPSA) is 96.9 Å². The lowest BCUT2D eigenvalue weighted by Gasteiger charge is -2.06. The first-order chi connectivity index (χ1) is 7.66. The van der Waals surface area contributed by atoms with E-state index in [2.05, 4.69) is 10.2 Å². The summed E-state index contributed by atoms with van der Waals surface area (Å²) in [5.41, 5.74) is 1.94. The van der Waals surface area contributed by atoms with Crippen LogP contribution in [0.15, 0.2) is 0 Å². The first-order valence-corrected chi connectivity index (χ1v) is 5.12. The fourth-order valence-corrected chi connectivity index (χ4v) is 0.822. The zero-order valence-corrected chi connectivity index (χ0v) is 9.32. The Morgan fingerprint density at radius 1 is 1.31 bits per heavy atom. The minimum Gasteiger partial charge on any atom is -0.479 e. The summed E-state index contributed by atoms with van der Waals surface area (Å²) < 4.78 is 5.20. The molecule has 0 saturated carbocycles. The Bertz CT molecular complexity index is 210. The molecule has 0 spiro atoms. The van der Waals surface area contributed by atoms with Crippen molar-refractivity contribution < 1.29 is 24.3 Å². The zero-order valence-electron chi connectivity index (χ0n) is 9.32. The number of amides is 2. The summed E-state index contributed by atoms with van der Waals surface area (Å²) in [5.74, 6) is -1.15. The van der Waals surface area contributed by atoms with Crippen molar-refractivity contribution >= 4 is 12.0 Å². The van der Waals surface area contributed by atoms with Crippen molar-refractivity contribution in [2.75, 3.05) is 26.4 Å². The van der Waals surface area contributed by atoms with Crippen LogP contribution in [0.3, 0.4) is 0 Å². The molecule has 0 aromatic rings. The highest BCUT2D eigenvalue weighted by molar-refractivity contribution is 5.73. The molecule has 0 saturated heterocycles. The van der Waals surface area contributed by atoms with E-state index in [0.717, 1.165) is 6.42 Å². The zero-order chi connectivity index (χ0) is 12.2. The first-order valence-electron chi connectivity index (χ1n) is 5.12. The Hall–Kier alpha value is -1.34. The third-order valence-electron chi connectivity index (χ3n) is 1.46. The van der Waals surface area contributed by atoms with Crippen LogP contribution in [0, 0.1) is 0 Å². The number of hydrogen-bond acceptors (Lipinski definition) is 4. The monoisotopic (exact) mass is 234 g/mol. The van der Waals surface area contributed by atoms with Crippen LogP contribution in [0.25, 0.3) is 0 Å². The Kier molecular flexibility index (Phi) is 9.33. The molecule has 2 amide bonds. The highest BCUT2D eigenvalue weighted by atomic mass is 16.7. The van der Waals surface area contributed by atoms with Crippen molar-refractivity contribution in [2.45, 2.75) is 19.8 Å². The van der Waals surface area contributed by atoms with Crippen LogP contribution in [0.1, 0.15) is 19.8 Å². The van der Waals surface area contributed by atoms with Gasteiger partial charge in [0.2, 0.25) is 0 Å². The van der Waals surface area contributed by atoms with Gasteiger partial charge in [-0.2, -0.15) is 0 Å². The average Bonchev–Trinajstić information content (AvgIpc) is 2.22. The van der Waals surface area contributed by atoms with Crippen molar-refractivity contribution in [2.24, 2.45) is 0 Å². The minimum atomic E-state index is -1.15. The molecular formula is C9H18N2O5. The molecule has 94 valence electrons. The van der Waals surface area contributed by atoms with Crippen molar-refractivity contribution in [3.05, 3.63) is 0 Å². The number of rotatable bonds is 9. The Balaban J connectivity index is 3.20. The fraction of sp³-hybridized carbons (Fsp3) is 0.778. The number of urea groups is 1. The lowest BCUT2D eigenvalue weighted by Crippen LogP contribution is -2.37. The molecular weight excluding hydrogens is 216 g/mol. The minimum absolute atomic E-state index is 0.450. The van der Waals surface area contributed by atoms with Crippen LogP contribution in [0.4, 0.5) is 4.79 Å². The van der Waals surface area contributed by atoms with Gasteiger partial charge in [0, 0.05) is 19.8 Å². The van der Waals surface area contributed by atoms with Gasteiger partial charge in [-0.3, -0.25) is 4.84 Å². The maximum Gasteiger partial charge on any atom is 0.338 e. The summed E-state index contributed by atoms with van der Waals surface area (Å²) in [5, 5.41) is 10.7. The summed E-state index contributed by atoms with van der Waals surface area (Å²) >= 11 is 0. The van der Waals surface area contributed by atoms with E-state index >= 15 is 0 Å². The van der Waals surface area contributed by atoms with Gasteiger partial charge in [0.15, 0.2) is 6.61 Å². The summed E-state index contributed by atoms with van der Waals surface area (Å²) in [4.78, 5) is 25.3. The van der Waals surface area contributed by atoms with Crippen LogP contribution in [-0.4, -0.2) is 43.5 Å². The number of ether oxygens (including phenoxy) is 1. The number of hydroxylamine groups is 1. The van der Waals surface area contributed by atoms with Crippen molar-refractivity contribution in [3.8, 4) is 0 Å². The quantitative estimate of drug-likeness (QED) is 0.389. The molecule has 0 bridgehead atoms. The summed E-state index contributed by atoms with van der Waals surface area (Å²) in [6.07, 6.45) is 1.67. The second-order valence-corrected chi connectivity index (χ2v) is 3.01. The Labute approximate surface area is 94.1 Å². The predicted octanol–water partition coefficient (Wildman–Crippen LogP) is 0.119. The molecule has 16 heavy (non-hydrogen) atoms. The largest absolute Gasteiger partial charge is 0.479 e. The number of nitrogens with one attached hydrogen (secondary N) is 2. The average molecular weight is 234 g/mol. The molecule has 0 aromatic heterocycles. The lowest BCUT2D eigenvalue weighted by atomic mass is 10.4. The molecule has 0 atom stereocenters. The van der Waals surface area contributed by atoms with Crippen LogP contribution in [-0.2, 0) is 14.4 Å². The molecule has 0 aromatic carbocycles. The maximum atomic E-state index is 10.9. The second kappa shape index (κ2) is 10.2. The van der Waals surface area contributed by atoms with Crippen molar-refractivity contribution in [1.82, 2.24) is 10.8 Å². The molecule has 0 fully saturated rings. The van der Waals surface area contributed by atoms with E-state index in [4.69, 9.17) is 9.84 Å². The standard InChI is InChI=1S/C9H18N2O5/c1-2-5-15-6-3-4-10-9(14)11-16-7-8(12)13/h2-7H2,1H3,(H,12,13)(H2,10,11,14). The van der Waals surface area contributed by atoms with E-state index in [1.165, 1.54) is 0 Å². The van der Waals surface area contributed by atoms with Gasteiger partial charge < -0.3 is 15.2 Å². The smallest absolute Gasteiger partial charge is 0.338 e. The molecule has 7 heteroatoms. The number of aliphatic carboxylic acids is 1. The predicted molar refractivity (Wildman–Crippen MR) is 55.8 cm³/mol. The third-order valence-corrected chi connectivity index (χ3v) is 1.46. The number of hydrogen-bond donors (Lipinski definition) is 3. The van der Waals surface area contributed by atoms with Gasteiger partial charge in [-0.05, 0) is 12.8 Å². The summed E-state index contributed by atoms with van der Waals surface area (Å²) in [6, 6.07) is -0.559. The Morgan fingerprint density at radius 3 is 2.69 bits per heavy atom. The van der Waals surface area contributed by atoms with E-state index < -0.39 is 18.6 Å². The van der Waals surface area contributed by atoms with Gasteiger partial charge in [0.1, 0.15) is 0 Å². The van der Waals surface area contributed by atoms with Crippen LogP contribution >= 0.6 is 0 Å². The van der Waals surface area contributed by atoms with Crippen LogP contribution in [0.5, 0.6) is 0 Å². The highest BCUT2D eigenvalue weighted by Gasteiger charge is 2.01. The number of carbonyl (C=O) groups is 2. The van der Waals surface area contributed by atoms with E-state index in [-0.39, 0.29) is 0 Å². The molecule has 3 N–H and O–H groups in total. The van der Waals surface area contributed by atoms with Gasteiger partial charge in [-0.1, -0.05) is 6.92 Å². The normalized spacial score (nSPS) is 9.81. The van der Waals surface area contributed by atoms with Gasteiger partial charge in [-0.25, -0.2) is 15.1 Å². The molecule has 0 unspecified atom stereocenters. The second-order valence-electron chi connectivity index (χ2n) is 3.01. The molecule has 7 nitrogen and oxygen atoms in total. The fourth-order valence-electron chi connectivity index (χ4n) is 0.822. The lowest BCUT2D eigenvalue weighted by molar-refractivity contribution is -0.144. The van der Waals surface area contributed by atoms with E-state index in [9.17, 15) is 9.59 Å². The molecule has 0 aliphatic carbocycles. The maximum absolute atomic E-state index is 10.9. The van der Waals surface area contributed by atoms with Gasteiger partial charge in [-0.15, -0.1) is 0 Å². The van der Waals surface area contributed by atoms with Gasteiger partial charge in [0.25, 0.3) is 0 Å². The van der Waals surface area contributed by atoms with Crippen LogP contribution in [0.2, 0.25) is 0 Å². The van der Waals surface area contributed by atoms with Crippen LogP contribution < -0.4 is 10.8 Å². The number of carbonyl (C=O) groups excluding carboxylic acids is 1. The summed E-state index contributed by atoms with van der Waals surface area (Å²) in [7, 11) is 0. The van der Waals surface area contributed by atoms with E-state index in [1.807, 2.05) is 12.4 Å².